The first kappa shape index (κ1) is 13.6. The monoisotopic (exact) mass is 236 g/mol. The van der Waals surface area contributed by atoms with Crippen molar-refractivity contribution >= 4 is 11.8 Å². The number of hydrogen-bond donors (Lipinski definition) is 1. The molecule has 0 bridgehead atoms. The first-order chi connectivity index (χ1) is 8.09. The Morgan fingerprint density at radius 2 is 2.06 bits per heavy atom. The molecule has 4 heteroatoms. The highest BCUT2D eigenvalue weighted by atomic mass is 16.2. The zero-order valence-corrected chi connectivity index (χ0v) is 10.6. The van der Waals surface area contributed by atoms with Gasteiger partial charge in [0.15, 0.2) is 0 Å². The summed E-state index contributed by atoms with van der Waals surface area (Å²) in [6, 6.07) is 0. The molecule has 0 aromatic rings. The highest BCUT2D eigenvalue weighted by Crippen LogP contribution is 2.22. The fourth-order valence-corrected chi connectivity index (χ4v) is 2.19. The Kier molecular flexibility index (Phi) is 4.56. The van der Waals surface area contributed by atoms with Crippen molar-refractivity contribution in [2.24, 2.45) is 0 Å². The second-order valence-corrected chi connectivity index (χ2v) is 4.37. The second kappa shape index (κ2) is 5.72. The van der Waals surface area contributed by atoms with E-state index in [1.807, 2.05) is 13.8 Å². The number of hydrogen-bond acceptors (Lipinski definition) is 2. The first-order valence-corrected chi connectivity index (χ1v) is 6.13. The minimum atomic E-state index is -0.703. The van der Waals surface area contributed by atoms with Crippen LogP contribution < -0.4 is 5.32 Å². The Hall–Kier alpha value is -1.50. The Morgan fingerprint density at radius 3 is 2.59 bits per heavy atom. The molecule has 1 aliphatic rings. The fraction of sp³-hybridized carbons (Fsp3) is 0.692. The lowest BCUT2D eigenvalue weighted by molar-refractivity contribution is -0.150. The minimum Gasteiger partial charge on any atom is -0.340 e. The molecule has 0 aromatic heterocycles. The summed E-state index contributed by atoms with van der Waals surface area (Å²) < 4.78 is 0. The molecule has 0 spiro atoms. The lowest BCUT2D eigenvalue weighted by Crippen LogP contribution is -2.66. The highest BCUT2D eigenvalue weighted by molar-refractivity contribution is 5.97. The van der Waals surface area contributed by atoms with Gasteiger partial charge in [0.05, 0.1) is 6.54 Å². The molecule has 0 atom stereocenters. The van der Waals surface area contributed by atoms with Crippen molar-refractivity contribution in [3.8, 4) is 12.3 Å². The Morgan fingerprint density at radius 1 is 1.41 bits per heavy atom. The van der Waals surface area contributed by atoms with Crippen LogP contribution in [0.25, 0.3) is 0 Å². The molecule has 1 rings (SSSR count). The van der Waals surface area contributed by atoms with Crippen molar-refractivity contribution in [3.63, 3.8) is 0 Å². The zero-order chi connectivity index (χ0) is 12.9. The van der Waals surface area contributed by atoms with Crippen molar-refractivity contribution < 1.29 is 9.59 Å². The van der Waals surface area contributed by atoms with Crippen LogP contribution in [0.5, 0.6) is 0 Å². The lowest BCUT2D eigenvalue weighted by atomic mass is 9.89. The van der Waals surface area contributed by atoms with Gasteiger partial charge >= 0.3 is 0 Å². The summed E-state index contributed by atoms with van der Waals surface area (Å²) in [5, 5.41) is 2.83. The van der Waals surface area contributed by atoms with E-state index in [1.54, 1.807) is 4.90 Å². The average Bonchev–Trinajstić information content (AvgIpc) is 2.33. The van der Waals surface area contributed by atoms with Crippen LogP contribution in [-0.4, -0.2) is 35.3 Å². The van der Waals surface area contributed by atoms with Crippen LogP contribution in [0.4, 0.5) is 0 Å². The van der Waals surface area contributed by atoms with E-state index in [2.05, 4.69) is 11.2 Å². The molecular weight excluding hydrogens is 216 g/mol. The van der Waals surface area contributed by atoms with Gasteiger partial charge in [-0.15, -0.1) is 12.3 Å². The lowest BCUT2D eigenvalue weighted by Gasteiger charge is -2.41. The van der Waals surface area contributed by atoms with Crippen LogP contribution in [0.2, 0.25) is 0 Å². The van der Waals surface area contributed by atoms with Gasteiger partial charge in [0.25, 0.3) is 0 Å². The second-order valence-electron chi connectivity index (χ2n) is 4.37. The molecule has 0 saturated carbocycles. The fourth-order valence-electron chi connectivity index (χ4n) is 2.19. The molecule has 0 aromatic carbocycles. The molecule has 0 aliphatic carbocycles. The largest absolute Gasteiger partial charge is 0.340 e. The van der Waals surface area contributed by atoms with Crippen LogP contribution in [0.1, 0.15) is 39.5 Å². The van der Waals surface area contributed by atoms with E-state index >= 15 is 0 Å². The van der Waals surface area contributed by atoms with Gasteiger partial charge in [-0.2, -0.15) is 0 Å². The van der Waals surface area contributed by atoms with Crippen molar-refractivity contribution in [1.29, 1.82) is 0 Å². The molecule has 0 unspecified atom stereocenters. The summed E-state index contributed by atoms with van der Waals surface area (Å²) in [7, 11) is 0. The number of rotatable bonds is 5. The Bertz CT molecular complexity index is 340. The predicted molar refractivity (Wildman–Crippen MR) is 66.1 cm³/mol. The maximum atomic E-state index is 12.3. The van der Waals surface area contributed by atoms with Crippen molar-refractivity contribution in [2.75, 3.05) is 13.1 Å². The van der Waals surface area contributed by atoms with Gasteiger partial charge < -0.3 is 10.2 Å². The van der Waals surface area contributed by atoms with Crippen molar-refractivity contribution in [1.82, 2.24) is 10.2 Å². The van der Waals surface area contributed by atoms with Gasteiger partial charge in [0.1, 0.15) is 5.54 Å². The molecule has 4 nitrogen and oxygen atoms in total. The number of terminal acetylenes is 1. The molecule has 1 fully saturated rings. The molecule has 1 aliphatic heterocycles. The average molecular weight is 236 g/mol. The third-order valence-corrected chi connectivity index (χ3v) is 3.37. The molecule has 1 heterocycles. The van der Waals surface area contributed by atoms with Gasteiger partial charge in [-0.3, -0.25) is 9.59 Å². The Balaban J connectivity index is 2.75. The number of amides is 2. The van der Waals surface area contributed by atoms with Gasteiger partial charge in [0, 0.05) is 13.0 Å². The maximum Gasteiger partial charge on any atom is 0.248 e. The summed E-state index contributed by atoms with van der Waals surface area (Å²) in [5.41, 5.74) is -0.703. The summed E-state index contributed by atoms with van der Waals surface area (Å²) in [5.74, 6) is 2.50. The molecule has 1 N–H and O–H groups in total. The van der Waals surface area contributed by atoms with Crippen LogP contribution in [0.3, 0.4) is 0 Å². The molecular formula is C13H20N2O2. The molecule has 2 amide bonds. The predicted octanol–water partition coefficient (Wildman–Crippen LogP) is 0.917. The third-order valence-electron chi connectivity index (χ3n) is 3.37. The number of carbonyl (C=O) groups is 2. The van der Waals surface area contributed by atoms with E-state index in [1.165, 1.54) is 0 Å². The van der Waals surface area contributed by atoms with Gasteiger partial charge in [-0.1, -0.05) is 13.8 Å². The van der Waals surface area contributed by atoms with Crippen LogP contribution in [0.15, 0.2) is 0 Å². The number of carbonyl (C=O) groups excluding carboxylic acids is 2. The van der Waals surface area contributed by atoms with Gasteiger partial charge in [-0.05, 0) is 19.3 Å². The quantitative estimate of drug-likeness (QED) is 0.570. The minimum absolute atomic E-state index is 0.0270. The zero-order valence-electron chi connectivity index (χ0n) is 10.6. The van der Waals surface area contributed by atoms with E-state index < -0.39 is 5.54 Å². The summed E-state index contributed by atoms with van der Waals surface area (Å²) >= 11 is 0. The topological polar surface area (TPSA) is 49.4 Å². The van der Waals surface area contributed by atoms with Crippen molar-refractivity contribution in [3.05, 3.63) is 0 Å². The molecule has 94 valence electrons. The number of unbranched alkanes of at least 4 members (excludes halogenated alkanes) is 1. The Labute approximate surface area is 103 Å². The van der Waals surface area contributed by atoms with Crippen LogP contribution in [-0.2, 0) is 9.59 Å². The van der Waals surface area contributed by atoms with E-state index in [-0.39, 0.29) is 18.4 Å². The van der Waals surface area contributed by atoms with E-state index in [0.717, 1.165) is 6.42 Å². The van der Waals surface area contributed by atoms with Crippen LogP contribution in [0, 0.1) is 12.3 Å². The highest BCUT2D eigenvalue weighted by Gasteiger charge is 2.43. The van der Waals surface area contributed by atoms with E-state index in [0.29, 0.717) is 25.8 Å². The third kappa shape index (κ3) is 2.79. The van der Waals surface area contributed by atoms with Crippen LogP contribution >= 0.6 is 0 Å². The number of piperazine rings is 1. The molecule has 17 heavy (non-hydrogen) atoms. The number of nitrogens with zero attached hydrogens (tertiary/aromatic N) is 1. The first-order valence-electron chi connectivity index (χ1n) is 6.13. The standard InChI is InChI=1S/C13H20N2O2/c1-4-7-8-9-15-10-11(16)14-13(5-2,6-3)12(15)17/h1H,5-10H2,2-3H3,(H,14,16). The van der Waals surface area contributed by atoms with Gasteiger partial charge in [0.2, 0.25) is 11.8 Å². The van der Waals surface area contributed by atoms with Crippen molar-refractivity contribution in [2.45, 2.75) is 45.1 Å². The molecule has 0 radical (unpaired) electrons. The van der Waals surface area contributed by atoms with E-state index in [9.17, 15) is 9.59 Å². The van der Waals surface area contributed by atoms with E-state index in [4.69, 9.17) is 6.42 Å². The summed E-state index contributed by atoms with van der Waals surface area (Å²) in [6.07, 6.45) is 7.81. The molecule has 1 saturated heterocycles. The summed E-state index contributed by atoms with van der Waals surface area (Å²) in [6.45, 7) is 4.57. The van der Waals surface area contributed by atoms with Gasteiger partial charge in [-0.25, -0.2) is 0 Å². The number of nitrogens with one attached hydrogen (secondary N) is 1. The maximum absolute atomic E-state index is 12.3. The normalized spacial score (nSPS) is 18.8. The smallest absolute Gasteiger partial charge is 0.248 e. The summed E-state index contributed by atoms with van der Waals surface area (Å²) in [4.78, 5) is 25.6. The SMILES string of the molecule is C#CCCCN1CC(=O)NC(CC)(CC)C1=O.